The van der Waals surface area contributed by atoms with Crippen molar-refractivity contribution in [3.8, 4) is 0 Å². The van der Waals surface area contributed by atoms with Gasteiger partial charge in [-0.1, -0.05) is 51.1 Å². The van der Waals surface area contributed by atoms with Crippen molar-refractivity contribution >= 4 is 12.0 Å². The van der Waals surface area contributed by atoms with Crippen molar-refractivity contribution in [2.75, 3.05) is 13.1 Å². The van der Waals surface area contributed by atoms with E-state index in [-0.39, 0.29) is 18.0 Å². The fourth-order valence-corrected chi connectivity index (χ4v) is 2.86. The van der Waals surface area contributed by atoms with E-state index in [1.54, 1.807) is 0 Å². The number of amides is 2. The first-order valence-electron chi connectivity index (χ1n) is 7.57. The Labute approximate surface area is 131 Å². The number of hydrogen-bond donors (Lipinski definition) is 1. The maximum absolute atomic E-state index is 12.6. The molecule has 0 saturated carbocycles. The Morgan fingerprint density at radius 1 is 1.09 bits per heavy atom. The van der Waals surface area contributed by atoms with Crippen LogP contribution in [0.1, 0.15) is 39.3 Å². The number of piperazine rings is 1. The molecule has 0 radical (unpaired) electrons. The molecule has 0 bridgehead atoms. The number of benzene rings is 1. The van der Waals surface area contributed by atoms with E-state index >= 15 is 0 Å². The van der Waals surface area contributed by atoms with Crippen LogP contribution >= 0.6 is 0 Å². The van der Waals surface area contributed by atoms with Gasteiger partial charge in [-0.15, -0.1) is 0 Å². The van der Waals surface area contributed by atoms with E-state index < -0.39 is 11.5 Å². The molecule has 1 aliphatic rings. The van der Waals surface area contributed by atoms with Crippen molar-refractivity contribution < 1.29 is 14.7 Å². The lowest BCUT2D eigenvalue weighted by Crippen LogP contribution is -2.58. The van der Waals surface area contributed by atoms with Crippen molar-refractivity contribution in [3.63, 3.8) is 0 Å². The lowest BCUT2D eigenvalue weighted by molar-refractivity contribution is -0.145. The maximum atomic E-state index is 12.6. The summed E-state index contributed by atoms with van der Waals surface area (Å²) in [6.07, 6.45) is -0.941. The summed E-state index contributed by atoms with van der Waals surface area (Å²) < 4.78 is 0. The number of hydrogen-bond acceptors (Lipinski definition) is 2. The second-order valence-corrected chi connectivity index (χ2v) is 6.92. The SMILES string of the molecule is C[C@@H]1CN(C(=O)O)[C@@H](c2ccccc2)CN1C(=O)C(C)(C)C. The highest BCUT2D eigenvalue weighted by Crippen LogP contribution is 2.30. The summed E-state index contributed by atoms with van der Waals surface area (Å²) in [7, 11) is 0. The number of carbonyl (C=O) groups is 2. The molecular weight excluding hydrogens is 280 g/mol. The third-order valence-corrected chi connectivity index (χ3v) is 4.07. The first-order valence-corrected chi connectivity index (χ1v) is 7.57. The molecule has 0 aliphatic carbocycles. The third-order valence-electron chi connectivity index (χ3n) is 4.07. The van der Waals surface area contributed by atoms with Crippen LogP contribution in [0.5, 0.6) is 0 Å². The van der Waals surface area contributed by atoms with Gasteiger partial charge in [0.05, 0.1) is 6.04 Å². The molecule has 1 saturated heterocycles. The largest absolute Gasteiger partial charge is 0.465 e. The van der Waals surface area contributed by atoms with E-state index in [9.17, 15) is 14.7 Å². The smallest absolute Gasteiger partial charge is 0.407 e. The van der Waals surface area contributed by atoms with Gasteiger partial charge in [0.15, 0.2) is 0 Å². The fourth-order valence-electron chi connectivity index (χ4n) is 2.86. The van der Waals surface area contributed by atoms with Gasteiger partial charge >= 0.3 is 6.09 Å². The van der Waals surface area contributed by atoms with Crippen molar-refractivity contribution in [3.05, 3.63) is 35.9 Å². The van der Waals surface area contributed by atoms with Gasteiger partial charge in [-0.25, -0.2) is 4.79 Å². The van der Waals surface area contributed by atoms with Crippen LogP contribution in [0.15, 0.2) is 30.3 Å². The summed E-state index contributed by atoms with van der Waals surface area (Å²) in [4.78, 5) is 27.5. The van der Waals surface area contributed by atoms with Gasteiger partial charge in [-0.2, -0.15) is 0 Å². The molecule has 1 fully saturated rings. The first-order chi connectivity index (χ1) is 10.2. The molecule has 0 spiro atoms. The summed E-state index contributed by atoms with van der Waals surface area (Å²) in [5.41, 5.74) is 0.449. The zero-order chi connectivity index (χ0) is 16.5. The van der Waals surface area contributed by atoms with Crippen LogP contribution in [0.2, 0.25) is 0 Å². The van der Waals surface area contributed by atoms with Gasteiger partial charge in [0.1, 0.15) is 0 Å². The van der Waals surface area contributed by atoms with Gasteiger partial charge in [0, 0.05) is 24.5 Å². The highest BCUT2D eigenvalue weighted by atomic mass is 16.4. The molecule has 1 heterocycles. The third kappa shape index (κ3) is 3.24. The zero-order valence-electron chi connectivity index (χ0n) is 13.6. The molecule has 2 atom stereocenters. The van der Waals surface area contributed by atoms with Crippen LogP contribution in [0, 0.1) is 5.41 Å². The summed E-state index contributed by atoms with van der Waals surface area (Å²) in [6.45, 7) is 8.31. The van der Waals surface area contributed by atoms with Crippen LogP contribution in [0.25, 0.3) is 0 Å². The summed E-state index contributed by atoms with van der Waals surface area (Å²) >= 11 is 0. The average Bonchev–Trinajstić information content (AvgIpc) is 2.46. The molecule has 0 unspecified atom stereocenters. The second-order valence-electron chi connectivity index (χ2n) is 6.92. The minimum Gasteiger partial charge on any atom is -0.465 e. The number of carbonyl (C=O) groups excluding carboxylic acids is 1. The maximum Gasteiger partial charge on any atom is 0.407 e. The lowest BCUT2D eigenvalue weighted by atomic mass is 9.91. The van der Waals surface area contributed by atoms with Gasteiger partial charge in [0.2, 0.25) is 5.91 Å². The molecule has 120 valence electrons. The molecule has 0 aromatic heterocycles. The van der Waals surface area contributed by atoms with Crippen molar-refractivity contribution in [1.29, 1.82) is 0 Å². The Morgan fingerprint density at radius 3 is 2.18 bits per heavy atom. The highest BCUT2D eigenvalue weighted by Gasteiger charge is 2.40. The molecule has 2 rings (SSSR count). The molecule has 22 heavy (non-hydrogen) atoms. The molecular formula is C17H24N2O3. The Hall–Kier alpha value is -2.04. The minimum absolute atomic E-state index is 0.0611. The van der Waals surface area contributed by atoms with Crippen LogP contribution in [0.4, 0.5) is 4.79 Å². The predicted octanol–water partition coefficient (Wildman–Crippen LogP) is 2.98. The summed E-state index contributed by atoms with van der Waals surface area (Å²) in [5.74, 6) is 0.0611. The molecule has 2 amide bonds. The highest BCUT2D eigenvalue weighted by molar-refractivity contribution is 5.82. The molecule has 1 aliphatic heterocycles. The Balaban J connectivity index is 2.32. The summed E-state index contributed by atoms with van der Waals surface area (Å²) in [6, 6.07) is 9.07. The molecule has 1 aromatic carbocycles. The van der Waals surface area contributed by atoms with E-state index in [2.05, 4.69) is 0 Å². The van der Waals surface area contributed by atoms with Crippen LogP contribution in [0.3, 0.4) is 0 Å². The zero-order valence-corrected chi connectivity index (χ0v) is 13.6. The van der Waals surface area contributed by atoms with Crippen molar-refractivity contribution in [2.24, 2.45) is 5.41 Å². The van der Waals surface area contributed by atoms with Gasteiger partial charge < -0.3 is 10.0 Å². The average molecular weight is 304 g/mol. The Bertz CT molecular complexity index is 551. The second kappa shape index (κ2) is 5.99. The van der Waals surface area contributed by atoms with Crippen LogP contribution < -0.4 is 0 Å². The van der Waals surface area contributed by atoms with Crippen molar-refractivity contribution in [1.82, 2.24) is 9.80 Å². The van der Waals surface area contributed by atoms with Gasteiger partial charge in [0.25, 0.3) is 0 Å². The number of nitrogens with zero attached hydrogens (tertiary/aromatic N) is 2. The van der Waals surface area contributed by atoms with Gasteiger partial charge in [-0.3, -0.25) is 9.69 Å². The standard InChI is InChI=1S/C17H24N2O3/c1-12-10-19(16(21)22)14(13-8-6-5-7-9-13)11-18(12)15(20)17(2,3)4/h5-9,12,14H,10-11H2,1-4H3,(H,21,22)/t12-,14-/m1/s1. The van der Waals surface area contributed by atoms with E-state index in [1.165, 1.54) is 4.90 Å². The monoisotopic (exact) mass is 304 g/mol. The molecule has 5 heteroatoms. The van der Waals surface area contributed by atoms with E-state index in [4.69, 9.17) is 0 Å². The number of rotatable bonds is 1. The molecule has 5 nitrogen and oxygen atoms in total. The lowest BCUT2D eigenvalue weighted by Gasteiger charge is -2.46. The molecule has 1 N–H and O–H groups in total. The van der Waals surface area contributed by atoms with Gasteiger partial charge in [-0.05, 0) is 12.5 Å². The number of carboxylic acid groups (broad SMARTS) is 1. The van der Waals surface area contributed by atoms with Crippen molar-refractivity contribution in [2.45, 2.75) is 39.8 Å². The molecule has 1 aromatic rings. The summed E-state index contributed by atoms with van der Waals surface area (Å²) in [5, 5.41) is 9.49. The van der Waals surface area contributed by atoms with Crippen LogP contribution in [-0.4, -0.2) is 46.0 Å². The quantitative estimate of drug-likeness (QED) is 0.867. The van der Waals surface area contributed by atoms with Crippen LogP contribution in [-0.2, 0) is 4.79 Å². The Morgan fingerprint density at radius 2 is 1.68 bits per heavy atom. The minimum atomic E-state index is -0.941. The van der Waals surface area contributed by atoms with E-state index in [1.807, 2.05) is 62.9 Å². The predicted molar refractivity (Wildman–Crippen MR) is 84.5 cm³/mol. The first kappa shape index (κ1) is 16.3. The van der Waals surface area contributed by atoms with E-state index in [0.717, 1.165) is 5.56 Å². The van der Waals surface area contributed by atoms with E-state index in [0.29, 0.717) is 13.1 Å². The normalized spacial score (nSPS) is 22.5. The fraction of sp³-hybridized carbons (Fsp3) is 0.529. The Kier molecular flexibility index (Phi) is 4.44. The topological polar surface area (TPSA) is 60.9 Å².